The fraction of sp³-hybridized carbons (Fsp3) is 0.833. The Kier molecular flexibility index (Phi) is 5.35. The first kappa shape index (κ1) is 9.72. The Bertz CT molecular complexity index is 102. The second-order valence-electron chi connectivity index (χ2n) is 1.77. The summed E-state index contributed by atoms with van der Waals surface area (Å²) in [5.41, 5.74) is 0. The Labute approximate surface area is 65.9 Å². The smallest absolute Gasteiger partial charge is 0.270 e. The third-order valence-electron chi connectivity index (χ3n) is 0.908. The molecule has 4 heteroatoms. The van der Waals surface area contributed by atoms with Crippen LogP contribution in [0.5, 0.6) is 0 Å². The van der Waals surface area contributed by atoms with Gasteiger partial charge < -0.3 is 0 Å². The molecule has 60 valence electrons. The third kappa shape index (κ3) is 3.69. The zero-order chi connectivity index (χ0) is 7.98. The zero-order valence-corrected chi connectivity index (χ0v) is 7.02. The van der Waals surface area contributed by atoms with Crippen molar-refractivity contribution >= 4 is 17.0 Å². The largest absolute Gasteiger partial charge is 0.340 e. The molecule has 10 heavy (non-hydrogen) atoms. The van der Waals surface area contributed by atoms with Crippen molar-refractivity contribution < 1.29 is 9.63 Å². The van der Waals surface area contributed by atoms with Crippen LogP contribution >= 0.6 is 11.6 Å². The molecule has 0 saturated carbocycles. The molecule has 0 bridgehead atoms. The first-order chi connectivity index (χ1) is 4.72. The highest BCUT2D eigenvalue weighted by molar-refractivity contribution is 6.62. The maximum atomic E-state index is 10.5. The molecule has 0 aromatic carbocycles. The summed E-state index contributed by atoms with van der Waals surface area (Å²) < 4.78 is 0. The van der Waals surface area contributed by atoms with Gasteiger partial charge in [0.05, 0.1) is 6.61 Å². The molecule has 0 radical (unpaired) electrons. The molecule has 0 aliphatic carbocycles. The normalized spacial score (nSPS) is 9.50. The molecule has 0 fully saturated rings. The van der Waals surface area contributed by atoms with E-state index in [4.69, 9.17) is 16.4 Å². The van der Waals surface area contributed by atoms with Gasteiger partial charge in [0.15, 0.2) is 0 Å². The number of halogens is 1. The van der Waals surface area contributed by atoms with Gasteiger partial charge in [0, 0.05) is 6.54 Å². The van der Waals surface area contributed by atoms with Crippen molar-refractivity contribution in [1.29, 1.82) is 0 Å². The molecule has 0 aliphatic rings. The van der Waals surface area contributed by atoms with Crippen LogP contribution in [0.4, 0.5) is 4.79 Å². The fourth-order valence-electron chi connectivity index (χ4n) is 0.562. The van der Waals surface area contributed by atoms with Crippen LogP contribution < -0.4 is 0 Å². The maximum Gasteiger partial charge on any atom is 0.340 e. The van der Waals surface area contributed by atoms with Crippen molar-refractivity contribution in [2.75, 3.05) is 13.2 Å². The minimum Gasteiger partial charge on any atom is -0.270 e. The summed E-state index contributed by atoms with van der Waals surface area (Å²) in [4.78, 5) is 15.4. The molecule has 0 saturated heterocycles. The molecule has 0 atom stereocenters. The Morgan fingerprint density at radius 2 is 2.20 bits per heavy atom. The molecule has 3 nitrogen and oxygen atoms in total. The summed E-state index contributed by atoms with van der Waals surface area (Å²) in [6.07, 6.45) is 0.846. The molecule has 0 N–H and O–H groups in total. The number of hydroxylamine groups is 2. The van der Waals surface area contributed by atoms with Gasteiger partial charge in [0.1, 0.15) is 0 Å². The highest BCUT2D eigenvalue weighted by Crippen LogP contribution is 1.98. The van der Waals surface area contributed by atoms with Crippen LogP contribution in [0.1, 0.15) is 20.3 Å². The molecule has 0 rings (SSSR count). The summed E-state index contributed by atoms with van der Waals surface area (Å²) in [5, 5.41) is 0.602. The SMILES string of the molecule is CCCN(OCC)C(=O)Cl. The first-order valence-corrected chi connectivity index (χ1v) is 3.70. The summed E-state index contributed by atoms with van der Waals surface area (Å²) in [7, 11) is 0. The van der Waals surface area contributed by atoms with E-state index in [1.165, 1.54) is 0 Å². The van der Waals surface area contributed by atoms with Crippen LogP contribution in [-0.2, 0) is 4.84 Å². The van der Waals surface area contributed by atoms with Gasteiger partial charge in [-0.2, -0.15) is 0 Å². The number of amides is 1. The molecule has 0 aromatic rings. The van der Waals surface area contributed by atoms with Crippen LogP contribution in [0.3, 0.4) is 0 Å². The van der Waals surface area contributed by atoms with Crippen molar-refractivity contribution in [3.8, 4) is 0 Å². The van der Waals surface area contributed by atoms with E-state index < -0.39 is 5.37 Å². The van der Waals surface area contributed by atoms with Crippen molar-refractivity contribution in [3.63, 3.8) is 0 Å². The van der Waals surface area contributed by atoms with Gasteiger partial charge in [-0.05, 0) is 24.9 Å². The van der Waals surface area contributed by atoms with Crippen molar-refractivity contribution in [2.45, 2.75) is 20.3 Å². The summed E-state index contributed by atoms with van der Waals surface area (Å²) >= 11 is 5.16. The van der Waals surface area contributed by atoms with E-state index in [1.54, 1.807) is 0 Å². The fourth-order valence-corrected chi connectivity index (χ4v) is 0.695. The van der Waals surface area contributed by atoms with E-state index in [2.05, 4.69) is 0 Å². The Balaban J connectivity index is 3.61. The lowest BCUT2D eigenvalue weighted by Crippen LogP contribution is -2.27. The van der Waals surface area contributed by atoms with Gasteiger partial charge in [-0.3, -0.25) is 9.63 Å². The number of nitrogens with zero attached hydrogens (tertiary/aromatic N) is 1. The Hall–Kier alpha value is -0.280. The lowest BCUT2D eigenvalue weighted by atomic mass is 10.5. The molecule has 0 aromatic heterocycles. The van der Waals surface area contributed by atoms with Crippen LogP contribution in [-0.4, -0.2) is 23.6 Å². The minimum absolute atomic E-state index is 0.471. The lowest BCUT2D eigenvalue weighted by Gasteiger charge is -2.16. The van der Waals surface area contributed by atoms with Crippen molar-refractivity contribution in [2.24, 2.45) is 0 Å². The number of carbonyl (C=O) groups excluding carboxylic acids is 1. The first-order valence-electron chi connectivity index (χ1n) is 3.32. The molecule has 0 spiro atoms. The summed E-state index contributed by atoms with van der Waals surface area (Å²) in [6.45, 7) is 4.78. The van der Waals surface area contributed by atoms with Gasteiger partial charge in [-0.15, -0.1) is 0 Å². The predicted molar refractivity (Wildman–Crippen MR) is 39.9 cm³/mol. The molecule has 1 amide bonds. The lowest BCUT2D eigenvalue weighted by molar-refractivity contribution is -0.104. The summed E-state index contributed by atoms with van der Waals surface area (Å²) in [5.74, 6) is 0. The minimum atomic E-state index is -0.552. The highest BCUT2D eigenvalue weighted by Gasteiger charge is 2.07. The highest BCUT2D eigenvalue weighted by atomic mass is 35.5. The average molecular weight is 166 g/mol. The van der Waals surface area contributed by atoms with Gasteiger partial charge in [0.25, 0.3) is 0 Å². The van der Waals surface area contributed by atoms with E-state index in [9.17, 15) is 4.79 Å². The number of carbonyl (C=O) groups is 1. The van der Waals surface area contributed by atoms with Gasteiger partial charge in [-0.25, -0.2) is 5.06 Å². The zero-order valence-electron chi connectivity index (χ0n) is 6.26. The molecular weight excluding hydrogens is 154 g/mol. The van der Waals surface area contributed by atoms with Crippen molar-refractivity contribution in [3.05, 3.63) is 0 Å². The number of hydrogen-bond donors (Lipinski definition) is 0. The molecular formula is C6H12ClNO2. The second kappa shape index (κ2) is 5.50. The maximum absolute atomic E-state index is 10.5. The van der Waals surface area contributed by atoms with E-state index >= 15 is 0 Å². The molecule has 0 heterocycles. The number of rotatable bonds is 4. The van der Waals surface area contributed by atoms with Gasteiger partial charge in [0.2, 0.25) is 0 Å². The van der Waals surface area contributed by atoms with Crippen molar-refractivity contribution in [1.82, 2.24) is 5.06 Å². The van der Waals surface area contributed by atoms with Gasteiger partial charge in [-0.1, -0.05) is 6.92 Å². The summed E-state index contributed by atoms with van der Waals surface area (Å²) in [6, 6.07) is 0. The Morgan fingerprint density at radius 3 is 2.50 bits per heavy atom. The topological polar surface area (TPSA) is 29.5 Å². The van der Waals surface area contributed by atoms with Gasteiger partial charge >= 0.3 is 5.37 Å². The van der Waals surface area contributed by atoms with Crippen LogP contribution in [0.25, 0.3) is 0 Å². The van der Waals surface area contributed by atoms with Crippen LogP contribution in [0, 0.1) is 0 Å². The van der Waals surface area contributed by atoms with E-state index in [-0.39, 0.29) is 0 Å². The average Bonchev–Trinajstić information content (AvgIpc) is 1.87. The Morgan fingerprint density at radius 1 is 1.60 bits per heavy atom. The number of hydrogen-bond acceptors (Lipinski definition) is 2. The second-order valence-corrected chi connectivity index (χ2v) is 2.10. The predicted octanol–water partition coefficient (Wildman–Crippen LogP) is 2.01. The van der Waals surface area contributed by atoms with Crippen LogP contribution in [0.2, 0.25) is 0 Å². The quantitative estimate of drug-likeness (QED) is 0.362. The standard InChI is InChI=1S/C6H12ClNO2/c1-3-5-8(6(7)9)10-4-2/h3-5H2,1-2H3. The molecule has 0 unspecified atom stereocenters. The van der Waals surface area contributed by atoms with Crippen LogP contribution in [0.15, 0.2) is 0 Å². The van der Waals surface area contributed by atoms with E-state index in [1.807, 2.05) is 13.8 Å². The monoisotopic (exact) mass is 165 g/mol. The van der Waals surface area contributed by atoms with E-state index in [0.29, 0.717) is 13.2 Å². The van der Waals surface area contributed by atoms with E-state index in [0.717, 1.165) is 11.5 Å². The molecule has 0 aliphatic heterocycles. The third-order valence-corrected chi connectivity index (χ3v) is 1.10.